The minimum Gasteiger partial charge on any atom is -0.359 e. The zero-order chi connectivity index (χ0) is 17.2. The quantitative estimate of drug-likeness (QED) is 0.929. The van der Waals surface area contributed by atoms with Crippen LogP contribution in [0.5, 0.6) is 0 Å². The number of hydrogen-bond donors (Lipinski definition) is 1. The van der Waals surface area contributed by atoms with Gasteiger partial charge in [0.15, 0.2) is 5.76 Å². The van der Waals surface area contributed by atoms with Crippen molar-refractivity contribution in [2.75, 3.05) is 26.2 Å². The molecule has 1 atom stereocenters. The number of rotatable bonds is 4. The van der Waals surface area contributed by atoms with E-state index in [9.17, 15) is 4.79 Å². The van der Waals surface area contributed by atoms with Crippen LogP contribution in [0.2, 0.25) is 0 Å². The fraction of sp³-hybridized carbons (Fsp3) is 0.474. The lowest BCUT2D eigenvalue weighted by molar-refractivity contribution is 0.115. The van der Waals surface area contributed by atoms with Crippen LogP contribution in [0.4, 0.5) is 4.79 Å². The maximum absolute atomic E-state index is 11.9. The maximum atomic E-state index is 11.9. The van der Waals surface area contributed by atoms with E-state index >= 15 is 0 Å². The van der Waals surface area contributed by atoms with Gasteiger partial charge in [-0.25, -0.2) is 4.79 Å². The molecule has 1 aromatic heterocycles. The first-order valence-electron chi connectivity index (χ1n) is 8.98. The number of hydrogen-bond acceptors (Lipinski definition) is 4. The molecule has 2 fully saturated rings. The first kappa shape index (κ1) is 16.1. The van der Waals surface area contributed by atoms with E-state index in [1.54, 1.807) is 0 Å². The topological polar surface area (TPSA) is 61.6 Å². The van der Waals surface area contributed by atoms with E-state index < -0.39 is 0 Å². The Bertz CT molecular complexity index is 740. The molecule has 6 heteroatoms. The lowest BCUT2D eigenvalue weighted by Gasteiger charge is -2.36. The van der Waals surface area contributed by atoms with E-state index in [0.717, 1.165) is 62.6 Å². The summed E-state index contributed by atoms with van der Waals surface area (Å²) in [4.78, 5) is 16.2. The maximum Gasteiger partial charge on any atom is 0.317 e. The van der Waals surface area contributed by atoms with E-state index in [2.05, 4.69) is 46.6 Å². The van der Waals surface area contributed by atoms with Gasteiger partial charge >= 0.3 is 6.03 Å². The van der Waals surface area contributed by atoms with Gasteiger partial charge in [0.2, 0.25) is 0 Å². The van der Waals surface area contributed by atoms with Crippen molar-refractivity contribution in [1.82, 2.24) is 20.3 Å². The van der Waals surface area contributed by atoms with E-state index in [0.29, 0.717) is 6.04 Å². The molecule has 2 saturated heterocycles. The van der Waals surface area contributed by atoms with Gasteiger partial charge in [0, 0.05) is 37.3 Å². The molecule has 2 amide bonds. The number of carbonyl (C=O) groups excluding carboxylic acids is 1. The Labute approximate surface area is 147 Å². The van der Waals surface area contributed by atoms with E-state index in [1.165, 1.54) is 5.56 Å². The van der Waals surface area contributed by atoms with Crippen molar-refractivity contribution in [2.45, 2.75) is 32.4 Å². The molecular formula is C19H24N4O2. The summed E-state index contributed by atoms with van der Waals surface area (Å²) in [5.74, 6) is 0.877. The lowest BCUT2D eigenvalue weighted by atomic mass is 10.0. The van der Waals surface area contributed by atoms with Crippen molar-refractivity contribution in [1.29, 1.82) is 0 Å². The van der Waals surface area contributed by atoms with Gasteiger partial charge in [-0.1, -0.05) is 35.0 Å². The minimum atomic E-state index is 0.0770. The van der Waals surface area contributed by atoms with Crippen LogP contribution in [0, 0.1) is 6.92 Å². The summed E-state index contributed by atoms with van der Waals surface area (Å²) in [6.07, 6.45) is 2.18. The van der Waals surface area contributed by atoms with Gasteiger partial charge in [0.1, 0.15) is 5.69 Å². The number of likely N-dealkylation sites (tertiary alicyclic amines) is 1. The molecule has 4 rings (SSSR count). The van der Waals surface area contributed by atoms with Gasteiger partial charge in [-0.3, -0.25) is 4.90 Å². The van der Waals surface area contributed by atoms with Gasteiger partial charge in [-0.15, -0.1) is 0 Å². The molecule has 0 aliphatic carbocycles. The average molecular weight is 340 g/mol. The summed E-state index contributed by atoms with van der Waals surface area (Å²) >= 11 is 0. The molecule has 0 saturated carbocycles. The Morgan fingerprint density at radius 2 is 2.12 bits per heavy atom. The molecule has 132 valence electrons. The highest BCUT2D eigenvalue weighted by Crippen LogP contribution is 2.23. The number of benzene rings is 1. The van der Waals surface area contributed by atoms with Crippen LogP contribution in [0.25, 0.3) is 11.3 Å². The van der Waals surface area contributed by atoms with Crippen LogP contribution in [0.1, 0.15) is 24.2 Å². The standard InChI is InChI=1S/C19H24N4O2/c1-14-4-6-15(7-5-14)18-11-17(25-21-18)13-22-9-2-3-16(12-22)23-10-8-20-19(23)24/h4-7,11,16H,2-3,8-10,12-13H2,1H3,(H,20,24). The zero-order valence-electron chi connectivity index (χ0n) is 14.6. The Kier molecular flexibility index (Phi) is 4.44. The summed E-state index contributed by atoms with van der Waals surface area (Å²) < 4.78 is 5.55. The largest absolute Gasteiger partial charge is 0.359 e. The van der Waals surface area contributed by atoms with Gasteiger partial charge in [-0.2, -0.15) is 0 Å². The molecule has 0 radical (unpaired) electrons. The first-order valence-corrected chi connectivity index (χ1v) is 8.98. The van der Waals surface area contributed by atoms with E-state index in [-0.39, 0.29) is 6.03 Å². The lowest BCUT2D eigenvalue weighted by Crippen LogP contribution is -2.48. The van der Waals surface area contributed by atoms with Crippen LogP contribution in [0.3, 0.4) is 0 Å². The highest BCUT2D eigenvalue weighted by atomic mass is 16.5. The van der Waals surface area contributed by atoms with Gasteiger partial charge < -0.3 is 14.7 Å². The smallest absolute Gasteiger partial charge is 0.317 e. The molecule has 6 nitrogen and oxygen atoms in total. The third-order valence-electron chi connectivity index (χ3n) is 5.10. The number of piperidine rings is 1. The van der Waals surface area contributed by atoms with Crippen molar-refractivity contribution in [3.05, 3.63) is 41.7 Å². The summed E-state index contributed by atoms with van der Waals surface area (Å²) in [5.41, 5.74) is 3.19. The van der Waals surface area contributed by atoms with Crippen LogP contribution in [0.15, 0.2) is 34.9 Å². The number of aromatic nitrogens is 1. The van der Waals surface area contributed by atoms with Crippen molar-refractivity contribution < 1.29 is 9.32 Å². The van der Waals surface area contributed by atoms with Crippen molar-refractivity contribution in [2.24, 2.45) is 0 Å². The number of nitrogens with one attached hydrogen (secondary N) is 1. The van der Waals surface area contributed by atoms with E-state index in [1.807, 2.05) is 11.0 Å². The average Bonchev–Trinajstić information content (AvgIpc) is 3.25. The summed E-state index contributed by atoms with van der Waals surface area (Å²) in [7, 11) is 0. The molecular weight excluding hydrogens is 316 g/mol. The summed E-state index contributed by atoms with van der Waals surface area (Å²) in [6.45, 7) is 6.32. The second kappa shape index (κ2) is 6.88. The molecule has 1 N–H and O–H groups in total. The SMILES string of the molecule is Cc1ccc(-c2cc(CN3CCCC(N4CCNC4=O)C3)on2)cc1. The normalized spacial score (nSPS) is 21.6. The Hall–Kier alpha value is -2.34. The van der Waals surface area contributed by atoms with Crippen molar-refractivity contribution in [3.63, 3.8) is 0 Å². The van der Waals surface area contributed by atoms with Gasteiger partial charge in [-0.05, 0) is 26.3 Å². The molecule has 0 spiro atoms. The third-order valence-corrected chi connectivity index (χ3v) is 5.10. The molecule has 2 aromatic rings. The van der Waals surface area contributed by atoms with Crippen LogP contribution in [-0.2, 0) is 6.54 Å². The molecule has 25 heavy (non-hydrogen) atoms. The predicted octanol–water partition coefficient (Wildman–Crippen LogP) is 2.64. The summed E-state index contributed by atoms with van der Waals surface area (Å²) in [5, 5.41) is 7.11. The first-order chi connectivity index (χ1) is 12.2. The minimum absolute atomic E-state index is 0.0770. The zero-order valence-corrected chi connectivity index (χ0v) is 14.6. The fourth-order valence-electron chi connectivity index (χ4n) is 3.73. The second-order valence-corrected chi connectivity index (χ2v) is 7.00. The third kappa shape index (κ3) is 3.54. The van der Waals surface area contributed by atoms with Crippen LogP contribution in [-0.4, -0.2) is 53.2 Å². The Balaban J connectivity index is 1.40. The van der Waals surface area contributed by atoms with Gasteiger partial charge in [0.05, 0.1) is 6.54 Å². The fourth-order valence-corrected chi connectivity index (χ4v) is 3.73. The Morgan fingerprint density at radius 3 is 2.88 bits per heavy atom. The highest BCUT2D eigenvalue weighted by Gasteiger charge is 2.31. The van der Waals surface area contributed by atoms with Crippen molar-refractivity contribution >= 4 is 6.03 Å². The second-order valence-electron chi connectivity index (χ2n) is 7.00. The monoisotopic (exact) mass is 340 g/mol. The van der Waals surface area contributed by atoms with E-state index in [4.69, 9.17) is 4.52 Å². The predicted molar refractivity (Wildman–Crippen MR) is 95.1 cm³/mol. The summed E-state index contributed by atoms with van der Waals surface area (Å²) in [6, 6.07) is 10.7. The Morgan fingerprint density at radius 1 is 1.28 bits per heavy atom. The van der Waals surface area contributed by atoms with Crippen LogP contribution >= 0.6 is 0 Å². The van der Waals surface area contributed by atoms with Crippen molar-refractivity contribution in [3.8, 4) is 11.3 Å². The number of amides is 2. The number of carbonyl (C=O) groups is 1. The molecule has 1 aromatic carbocycles. The number of nitrogens with zero attached hydrogens (tertiary/aromatic N) is 3. The molecule has 2 aliphatic rings. The molecule has 1 unspecified atom stereocenters. The molecule has 0 bridgehead atoms. The molecule has 3 heterocycles. The van der Waals surface area contributed by atoms with Crippen LogP contribution < -0.4 is 5.32 Å². The number of aryl methyl sites for hydroxylation is 1. The highest BCUT2D eigenvalue weighted by molar-refractivity contribution is 5.76. The number of urea groups is 1. The van der Waals surface area contributed by atoms with Gasteiger partial charge in [0.25, 0.3) is 0 Å². The molecule has 2 aliphatic heterocycles.